The number of hydrogen-bond acceptors (Lipinski definition) is 4. The molecule has 1 aromatic heterocycles. The van der Waals surface area contributed by atoms with E-state index in [0.29, 0.717) is 6.04 Å². The summed E-state index contributed by atoms with van der Waals surface area (Å²) in [4.78, 5) is 6.36. The molecule has 2 heterocycles. The van der Waals surface area contributed by atoms with E-state index in [2.05, 4.69) is 16.8 Å². The SMILES string of the molecule is CC(c1ccncc1)N1CCC(S(C)(=O)=O)CC1. The zero-order chi connectivity index (χ0) is 13.2. The van der Waals surface area contributed by atoms with Crippen LogP contribution < -0.4 is 0 Å². The van der Waals surface area contributed by atoms with Crippen molar-refractivity contribution in [3.8, 4) is 0 Å². The number of nitrogens with zero attached hydrogens (tertiary/aromatic N) is 2. The summed E-state index contributed by atoms with van der Waals surface area (Å²) in [5.41, 5.74) is 1.24. The summed E-state index contributed by atoms with van der Waals surface area (Å²) in [6.07, 6.45) is 6.44. The van der Waals surface area contributed by atoms with Crippen molar-refractivity contribution in [3.63, 3.8) is 0 Å². The Kier molecular flexibility index (Phi) is 4.02. The first kappa shape index (κ1) is 13.5. The van der Waals surface area contributed by atoms with Crippen LogP contribution in [0.1, 0.15) is 31.4 Å². The van der Waals surface area contributed by atoms with Gasteiger partial charge in [-0.15, -0.1) is 0 Å². The highest BCUT2D eigenvalue weighted by Gasteiger charge is 2.28. The van der Waals surface area contributed by atoms with Crippen LogP contribution in [-0.4, -0.2) is 42.9 Å². The van der Waals surface area contributed by atoms with Gasteiger partial charge in [-0.1, -0.05) is 0 Å². The van der Waals surface area contributed by atoms with Gasteiger partial charge in [0.25, 0.3) is 0 Å². The Morgan fingerprint density at radius 2 is 1.83 bits per heavy atom. The normalized spacial score (nSPS) is 20.8. The van der Waals surface area contributed by atoms with Crippen molar-refractivity contribution >= 4 is 9.84 Å². The zero-order valence-corrected chi connectivity index (χ0v) is 11.7. The monoisotopic (exact) mass is 268 g/mol. The minimum Gasteiger partial charge on any atom is -0.297 e. The maximum absolute atomic E-state index is 11.5. The summed E-state index contributed by atoms with van der Waals surface area (Å²) >= 11 is 0. The molecule has 0 saturated carbocycles. The molecule has 2 rings (SSSR count). The lowest BCUT2D eigenvalue weighted by Gasteiger charge is -2.35. The molecule has 0 N–H and O–H groups in total. The van der Waals surface area contributed by atoms with Crippen LogP contribution in [0.5, 0.6) is 0 Å². The molecule has 1 atom stereocenters. The summed E-state index contributed by atoms with van der Waals surface area (Å²) in [5, 5.41) is -0.154. The lowest BCUT2D eigenvalue weighted by atomic mass is 10.0. The quantitative estimate of drug-likeness (QED) is 0.836. The van der Waals surface area contributed by atoms with E-state index in [1.807, 2.05) is 12.1 Å². The fourth-order valence-corrected chi connectivity index (χ4v) is 3.61. The average molecular weight is 268 g/mol. The number of piperidine rings is 1. The average Bonchev–Trinajstić information content (AvgIpc) is 2.38. The van der Waals surface area contributed by atoms with Gasteiger partial charge in [0.15, 0.2) is 0 Å². The second-order valence-electron chi connectivity index (χ2n) is 5.02. The Balaban J connectivity index is 1.98. The third-order valence-corrected chi connectivity index (χ3v) is 5.50. The van der Waals surface area contributed by atoms with Gasteiger partial charge in [0.2, 0.25) is 0 Å². The summed E-state index contributed by atoms with van der Waals surface area (Å²) < 4.78 is 23.0. The van der Waals surface area contributed by atoms with Crippen molar-refractivity contribution in [1.82, 2.24) is 9.88 Å². The first-order chi connectivity index (χ1) is 8.48. The van der Waals surface area contributed by atoms with Crippen molar-refractivity contribution in [3.05, 3.63) is 30.1 Å². The van der Waals surface area contributed by atoms with Crippen LogP contribution in [0, 0.1) is 0 Å². The molecule has 0 spiro atoms. The van der Waals surface area contributed by atoms with E-state index in [1.165, 1.54) is 11.8 Å². The molecule has 4 nitrogen and oxygen atoms in total. The largest absolute Gasteiger partial charge is 0.297 e. The number of sulfone groups is 1. The topological polar surface area (TPSA) is 50.3 Å². The van der Waals surface area contributed by atoms with Crippen LogP contribution in [-0.2, 0) is 9.84 Å². The standard InChI is InChI=1S/C13H20N2O2S/c1-11(12-3-7-14-8-4-12)15-9-5-13(6-10-15)18(2,16)17/h3-4,7-8,11,13H,5-6,9-10H2,1-2H3. The summed E-state index contributed by atoms with van der Waals surface area (Å²) in [5.74, 6) is 0. The lowest BCUT2D eigenvalue weighted by molar-refractivity contribution is 0.176. The molecule has 1 aliphatic heterocycles. The van der Waals surface area contributed by atoms with E-state index in [1.54, 1.807) is 12.4 Å². The van der Waals surface area contributed by atoms with E-state index >= 15 is 0 Å². The van der Waals surface area contributed by atoms with Gasteiger partial charge in [-0.25, -0.2) is 8.42 Å². The van der Waals surface area contributed by atoms with Gasteiger partial charge in [-0.2, -0.15) is 0 Å². The molecular weight excluding hydrogens is 248 g/mol. The Bertz CT molecular complexity index is 479. The molecule has 0 aromatic carbocycles. The predicted octanol–water partition coefficient (Wildman–Crippen LogP) is 1.65. The van der Waals surface area contributed by atoms with Crippen LogP contribution in [0.25, 0.3) is 0 Å². The highest BCUT2D eigenvalue weighted by Crippen LogP contribution is 2.25. The summed E-state index contributed by atoms with van der Waals surface area (Å²) in [6, 6.07) is 4.37. The van der Waals surface area contributed by atoms with E-state index < -0.39 is 9.84 Å². The van der Waals surface area contributed by atoms with Crippen molar-refractivity contribution in [1.29, 1.82) is 0 Å². The number of likely N-dealkylation sites (tertiary alicyclic amines) is 1. The molecule has 1 aromatic rings. The zero-order valence-electron chi connectivity index (χ0n) is 10.9. The molecule has 0 aliphatic carbocycles. The van der Waals surface area contributed by atoms with Crippen LogP contribution >= 0.6 is 0 Å². The molecule has 0 amide bonds. The minimum atomic E-state index is -2.88. The molecule has 1 fully saturated rings. The number of rotatable bonds is 3. The fourth-order valence-electron chi connectivity index (χ4n) is 2.54. The first-order valence-corrected chi connectivity index (χ1v) is 8.27. The highest BCUT2D eigenvalue weighted by molar-refractivity contribution is 7.91. The van der Waals surface area contributed by atoms with Crippen LogP contribution in [0.4, 0.5) is 0 Å². The third kappa shape index (κ3) is 3.09. The van der Waals surface area contributed by atoms with Gasteiger partial charge < -0.3 is 0 Å². The number of hydrogen-bond donors (Lipinski definition) is 0. The third-order valence-electron chi connectivity index (χ3n) is 3.82. The van der Waals surface area contributed by atoms with E-state index in [9.17, 15) is 8.42 Å². The minimum absolute atomic E-state index is 0.154. The van der Waals surface area contributed by atoms with E-state index in [4.69, 9.17) is 0 Å². The van der Waals surface area contributed by atoms with Crippen LogP contribution in [0.15, 0.2) is 24.5 Å². The van der Waals surface area contributed by atoms with Gasteiger partial charge in [0.05, 0.1) is 5.25 Å². The number of aromatic nitrogens is 1. The summed E-state index contributed by atoms with van der Waals surface area (Å²) in [7, 11) is -2.88. The van der Waals surface area contributed by atoms with Crippen molar-refractivity contribution in [2.45, 2.75) is 31.1 Å². The number of pyridine rings is 1. The smallest absolute Gasteiger partial charge is 0.150 e. The van der Waals surface area contributed by atoms with Gasteiger partial charge in [-0.3, -0.25) is 9.88 Å². The highest BCUT2D eigenvalue weighted by atomic mass is 32.2. The van der Waals surface area contributed by atoms with Gasteiger partial charge in [0, 0.05) is 24.7 Å². The van der Waals surface area contributed by atoms with E-state index in [-0.39, 0.29) is 5.25 Å². The van der Waals surface area contributed by atoms with Gasteiger partial charge in [-0.05, 0) is 50.6 Å². The van der Waals surface area contributed by atoms with Crippen molar-refractivity contribution in [2.75, 3.05) is 19.3 Å². The molecule has 1 saturated heterocycles. The Morgan fingerprint density at radius 1 is 1.28 bits per heavy atom. The van der Waals surface area contributed by atoms with Crippen LogP contribution in [0.3, 0.4) is 0 Å². The molecule has 1 aliphatic rings. The van der Waals surface area contributed by atoms with Crippen LogP contribution in [0.2, 0.25) is 0 Å². The van der Waals surface area contributed by atoms with Crippen molar-refractivity contribution < 1.29 is 8.42 Å². The molecule has 1 unspecified atom stereocenters. The Labute approximate surface area is 109 Å². The van der Waals surface area contributed by atoms with Gasteiger partial charge in [0.1, 0.15) is 9.84 Å². The lowest BCUT2D eigenvalue weighted by Crippen LogP contribution is -2.40. The molecule has 100 valence electrons. The maximum atomic E-state index is 11.5. The molecular formula is C13H20N2O2S. The Hall–Kier alpha value is -0.940. The molecule has 5 heteroatoms. The summed E-state index contributed by atoms with van der Waals surface area (Å²) in [6.45, 7) is 3.86. The first-order valence-electron chi connectivity index (χ1n) is 6.31. The fraction of sp³-hybridized carbons (Fsp3) is 0.615. The van der Waals surface area contributed by atoms with E-state index in [0.717, 1.165) is 25.9 Å². The maximum Gasteiger partial charge on any atom is 0.150 e. The Morgan fingerprint density at radius 3 is 2.33 bits per heavy atom. The predicted molar refractivity (Wildman–Crippen MR) is 72.1 cm³/mol. The molecule has 0 bridgehead atoms. The second-order valence-corrected chi connectivity index (χ2v) is 7.35. The molecule has 0 radical (unpaired) electrons. The molecule has 18 heavy (non-hydrogen) atoms. The van der Waals surface area contributed by atoms with Crippen molar-refractivity contribution in [2.24, 2.45) is 0 Å². The van der Waals surface area contributed by atoms with Gasteiger partial charge >= 0.3 is 0 Å². The second kappa shape index (κ2) is 5.36.